The summed E-state index contributed by atoms with van der Waals surface area (Å²) in [6, 6.07) is 4.57. The zero-order chi connectivity index (χ0) is 14.1. The Labute approximate surface area is 118 Å². The van der Waals surface area contributed by atoms with Gasteiger partial charge in [-0.2, -0.15) is 0 Å². The van der Waals surface area contributed by atoms with Crippen molar-refractivity contribution in [3.8, 4) is 0 Å². The second kappa shape index (κ2) is 5.43. The normalized spacial score (nSPS) is 23.4. The first-order valence-corrected chi connectivity index (χ1v) is 7.46. The number of hydrogen-bond donors (Lipinski definition) is 1. The summed E-state index contributed by atoms with van der Waals surface area (Å²) >= 11 is 0. The Kier molecular flexibility index (Phi) is 3.64. The molecule has 1 aliphatic carbocycles. The second-order valence-corrected chi connectivity index (χ2v) is 5.91. The highest BCUT2D eigenvalue weighted by Crippen LogP contribution is 2.38. The average Bonchev–Trinajstić information content (AvgIpc) is 3.09. The molecular formula is C16H20FNO2. The quantitative estimate of drug-likeness (QED) is 0.916. The minimum atomic E-state index is -1.04. The zero-order valence-corrected chi connectivity index (χ0v) is 11.5. The number of halogens is 1. The number of carboxylic acids is 1. The van der Waals surface area contributed by atoms with Crippen LogP contribution in [0.2, 0.25) is 0 Å². The number of benzene rings is 1. The van der Waals surface area contributed by atoms with Crippen LogP contribution in [0.15, 0.2) is 18.2 Å². The predicted molar refractivity (Wildman–Crippen MR) is 75.7 cm³/mol. The Balaban J connectivity index is 1.92. The summed E-state index contributed by atoms with van der Waals surface area (Å²) in [5.41, 5.74) is 0.781. The van der Waals surface area contributed by atoms with Gasteiger partial charge < -0.3 is 10.0 Å². The van der Waals surface area contributed by atoms with E-state index >= 15 is 0 Å². The molecule has 0 radical (unpaired) electrons. The number of aromatic carboxylic acids is 1. The standard InChI is InChI=1S/C16H20FNO2/c17-12-7-8-15(13(10-12)16(19)20)18-9-3-6-14(18)11-4-1-2-5-11/h7-8,10-11,14H,1-6,9H2,(H,19,20). The number of rotatable bonds is 3. The molecule has 1 aliphatic heterocycles. The summed E-state index contributed by atoms with van der Waals surface area (Å²) in [5, 5.41) is 9.31. The summed E-state index contributed by atoms with van der Waals surface area (Å²) in [5.74, 6) is -0.858. The summed E-state index contributed by atoms with van der Waals surface area (Å²) < 4.78 is 13.3. The molecule has 1 atom stereocenters. The molecule has 3 nitrogen and oxygen atoms in total. The van der Waals surface area contributed by atoms with E-state index in [2.05, 4.69) is 4.90 Å². The van der Waals surface area contributed by atoms with Crippen LogP contribution in [0.1, 0.15) is 48.9 Å². The van der Waals surface area contributed by atoms with Crippen molar-refractivity contribution in [1.29, 1.82) is 0 Å². The molecule has 0 aromatic heterocycles. The van der Waals surface area contributed by atoms with E-state index in [4.69, 9.17) is 0 Å². The van der Waals surface area contributed by atoms with Crippen LogP contribution in [0.25, 0.3) is 0 Å². The Morgan fingerprint density at radius 3 is 2.65 bits per heavy atom. The molecule has 1 saturated heterocycles. The smallest absolute Gasteiger partial charge is 0.337 e. The van der Waals surface area contributed by atoms with Gasteiger partial charge in [-0.25, -0.2) is 9.18 Å². The van der Waals surface area contributed by atoms with Gasteiger partial charge in [0, 0.05) is 12.6 Å². The molecule has 4 heteroatoms. The SMILES string of the molecule is O=C(O)c1cc(F)ccc1N1CCCC1C1CCCC1. The summed E-state index contributed by atoms with van der Waals surface area (Å²) in [6.07, 6.45) is 7.27. The number of anilines is 1. The fraction of sp³-hybridized carbons (Fsp3) is 0.562. The van der Waals surface area contributed by atoms with Crippen molar-refractivity contribution in [3.05, 3.63) is 29.6 Å². The van der Waals surface area contributed by atoms with Gasteiger partial charge in [0.05, 0.1) is 11.3 Å². The maximum Gasteiger partial charge on any atom is 0.337 e. The Morgan fingerprint density at radius 2 is 1.95 bits per heavy atom. The van der Waals surface area contributed by atoms with Crippen LogP contribution in [0.4, 0.5) is 10.1 Å². The predicted octanol–water partition coefficient (Wildman–Crippen LogP) is 3.68. The Morgan fingerprint density at radius 1 is 1.20 bits per heavy atom. The zero-order valence-electron chi connectivity index (χ0n) is 11.5. The average molecular weight is 277 g/mol. The molecule has 108 valence electrons. The van der Waals surface area contributed by atoms with Crippen molar-refractivity contribution in [2.45, 2.75) is 44.6 Å². The first-order chi connectivity index (χ1) is 9.66. The van der Waals surface area contributed by atoms with Gasteiger partial charge in [-0.1, -0.05) is 12.8 Å². The van der Waals surface area contributed by atoms with E-state index in [1.54, 1.807) is 6.07 Å². The van der Waals surface area contributed by atoms with Gasteiger partial charge in [-0.3, -0.25) is 0 Å². The van der Waals surface area contributed by atoms with E-state index in [9.17, 15) is 14.3 Å². The summed E-state index contributed by atoms with van der Waals surface area (Å²) in [6.45, 7) is 0.882. The van der Waals surface area contributed by atoms with Crippen molar-refractivity contribution in [2.24, 2.45) is 5.92 Å². The highest BCUT2D eigenvalue weighted by Gasteiger charge is 2.34. The molecule has 2 fully saturated rings. The third-order valence-electron chi connectivity index (χ3n) is 4.74. The van der Waals surface area contributed by atoms with Gasteiger partial charge in [-0.05, 0) is 49.8 Å². The van der Waals surface area contributed by atoms with Gasteiger partial charge in [0.25, 0.3) is 0 Å². The van der Waals surface area contributed by atoms with Crippen LogP contribution in [-0.4, -0.2) is 23.7 Å². The third-order valence-corrected chi connectivity index (χ3v) is 4.74. The summed E-state index contributed by atoms with van der Waals surface area (Å²) in [4.78, 5) is 13.6. The molecule has 1 heterocycles. The first kappa shape index (κ1) is 13.4. The van der Waals surface area contributed by atoms with Crippen molar-refractivity contribution in [3.63, 3.8) is 0 Å². The lowest BCUT2D eigenvalue weighted by Crippen LogP contribution is -2.35. The number of hydrogen-bond acceptors (Lipinski definition) is 2. The van der Waals surface area contributed by atoms with E-state index in [1.807, 2.05) is 0 Å². The molecular weight excluding hydrogens is 257 g/mol. The molecule has 1 N–H and O–H groups in total. The topological polar surface area (TPSA) is 40.5 Å². The van der Waals surface area contributed by atoms with Crippen molar-refractivity contribution < 1.29 is 14.3 Å². The minimum Gasteiger partial charge on any atom is -0.478 e. The fourth-order valence-corrected chi connectivity index (χ4v) is 3.85. The first-order valence-electron chi connectivity index (χ1n) is 7.46. The van der Waals surface area contributed by atoms with E-state index in [1.165, 1.54) is 31.7 Å². The monoisotopic (exact) mass is 277 g/mol. The molecule has 3 rings (SSSR count). The molecule has 0 amide bonds. The molecule has 1 aromatic rings. The highest BCUT2D eigenvalue weighted by atomic mass is 19.1. The van der Waals surface area contributed by atoms with Crippen LogP contribution >= 0.6 is 0 Å². The lowest BCUT2D eigenvalue weighted by Gasteiger charge is -2.32. The van der Waals surface area contributed by atoms with Gasteiger partial charge in [-0.15, -0.1) is 0 Å². The maximum absolute atomic E-state index is 13.3. The Hall–Kier alpha value is -1.58. The number of carboxylic acid groups (broad SMARTS) is 1. The molecule has 1 aromatic carbocycles. The highest BCUT2D eigenvalue weighted by molar-refractivity contribution is 5.94. The molecule has 0 bridgehead atoms. The number of carbonyl (C=O) groups is 1. The van der Waals surface area contributed by atoms with Crippen LogP contribution in [0.3, 0.4) is 0 Å². The van der Waals surface area contributed by atoms with Gasteiger partial charge in [0.1, 0.15) is 5.82 Å². The minimum absolute atomic E-state index is 0.0925. The van der Waals surface area contributed by atoms with Crippen molar-refractivity contribution in [2.75, 3.05) is 11.4 Å². The molecule has 0 spiro atoms. The van der Waals surface area contributed by atoms with Gasteiger partial charge >= 0.3 is 5.97 Å². The van der Waals surface area contributed by atoms with E-state index in [0.29, 0.717) is 17.6 Å². The van der Waals surface area contributed by atoms with Crippen LogP contribution in [0.5, 0.6) is 0 Å². The van der Waals surface area contributed by atoms with Crippen molar-refractivity contribution in [1.82, 2.24) is 0 Å². The lowest BCUT2D eigenvalue weighted by atomic mass is 9.95. The van der Waals surface area contributed by atoms with Crippen LogP contribution < -0.4 is 4.90 Å². The summed E-state index contributed by atoms with van der Waals surface area (Å²) in [7, 11) is 0. The van der Waals surface area contributed by atoms with Crippen LogP contribution in [-0.2, 0) is 0 Å². The molecule has 2 aliphatic rings. The Bertz CT molecular complexity index is 511. The third kappa shape index (κ3) is 2.39. The maximum atomic E-state index is 13.3. The van der Waals surface area contributed by atoms with E-state index in [0.717, 1.165) is 25.5 Å². The van der Waals surface area contributed by atoms with Gasteiger partial charge in [0.2, 0.25) is 0 Å². The molecule has 1 saturated carbocycles. The number of nitrogens with zero attached hydrogens (tertiary/aromatic N) is 1. The fourth-order valence-electron chi connectivity index (χ4n) is 3.85. The van der Waals surface area contributed by atoms with Gasteiger partial charge in [0.15, 0.2) is 0 Å². The largest absolute Gasteiger partial charge is 0.478 e. The van der Waals surface area contributed by atoms with E-state index in [-0.39, 0.29) is 5.56 Å². The van der Waals surface area contributed by atoms with Crippen molar-refractivity contribution >= 4 is 11.7 Å². The second-order valence-electron chi connectivity index (χ2n) is 5.91. The van der Waals surface area contributed by atoms with E-state index < -0.39 is 11.8 Å². The van der Waals surface area contributed by atoms with Crippen LogP contribution in [0, 0.1) is 11.7 Å². The molecule has 20 heavy (non-hydrogen) atoms. The lowest BCUT2D eigenvalue weighted by molar-refractivity contribution is 0.0697. The molecule has 1 unspecified atom stereocenters.